The molecule has 0 saturated carbocycles. The molecule has 1 heterocycles. The first-order chi connectivity index (χ1) is 8.79. The fourth-order valence-electron chi connectivity index (χ4n) is 2.01. The van der Waals surface area contributed by atoms with Crippen LogP contribution >= 0.6 is 0 Å². The predicted octanol–water partition coefficient (Wildman–Crippen LogP) is 1.37. The van der Waals surface area contributed by atoms with Gasteiger partial charge in [-0.3, -0.25) is 9.59 Å². The molecule has 4 nitrogen and oxygen atoms in total. The number of nitrogens with zero attached hydrogens (tertiary/aromatic N) is 1. The van der Waals surface area contributed by atoms with Crippen LogP contribution in [0.5, 0.6) is 0 Å². The molecule has 1 N–H and O–H groups in total. The number of benzene rings is 1. The van der Waals surface area contributed by atoms with E-state index < -0.39 is 17.8 Å². The Morgan fingerprint density at radius 2 is 1.68 bits per heavy atom. The van der Waals surface area contributed by atoms with Crippen LogP contribution in [-0.2, 0) is 10.2 Å². The van der Waals surface area contributed by atoms with Crippen LogP contribution in [0.4, 0.5) is 0 Å². The fourth-order valence-corrected chi connectivity index (χ4v) is 2.01. The molecule has 1 aromatic carbocycles. The maximum atomic E-state index is 12.0. The maximum absolute atomic E-state index is 12.0. The van der Waals surface area contributed by atoms with Crippen molar-refractivity contribution < 1.29 is 14.7 Å². The molecule has 1 amide bonds. The summed E-state index contributed by atoms with van der Waals surface area (Å²) >= 11 is 0. The fraction of sp³-hybridized carbons (Fsp3) is 0.467. The Balaban J connectivity index is 2.10. The Hall–Kier alpha value is -1.68. The highest BCUT2D eigenvalue weighted by molar-refractivity contribution is 6.42. The number of β-amino-alcohol motifs (C(OH)–C–C–N with tert-alkyl or cyclic N) is 1. The number of likely N-dealkylation sites (tertiary alicyclic amines) is 1. The first-order valence-electron chi connectivity index (χ1n) is 6.41. The molecule has 102 valence electrons. The van der Waals surface area contributed by atoms with Gasteiger partial charge in [0.15, 0.2) is 0 Å². The molecule has 0 aromatic heterocycles. The van der Waals surface area contributed by atoms with E-state index in [-0.39, 0.29) is 18.5 Å². The van der Waals surface area contributed by atoms with Gasteiger partial charge in [0.2, 0.25) is 5.78 Å². The smallest absolute Gasteiger partial charge is 0.295 e. The summed E-state index contributed by atoms with van der Waals surface area (Å²) in [6.07, 6.45) is -0.486. The number of Topliss-reactive ketones (excluding diaryl/α,β-unsaturated/α-hetero) is 1. The molecular formula is C15H19NO3. The average Bonchev–Trinajstić information content (AvgIpc) is 2.32. The van der Waals surface area contributed by atoms with Crippen molar-refractivity contribution in [3.8, 4) is 0 Å². The number of hydrogen-bond donors (Lipinski definition) is 1. The van der Waals surface area contributed by atoms with E-state index in [0.29, 0.717) is 5.56 Å². The van der Waals surface area contributed by atoms with E-state index in [9.17, 15) is 9.59 Å². The molecule has 1 aliphatic rings. The van der Waals surface area contributed by atoms with Gasteiger partial charge in [-0.25, -0.2) is 0 Å². The van der Waals surface area contributed by atoms with Gasteiger partial charge in [-0.15, -0.1) is 0 Å². The van der Waals surface area contributed by atoms with E-state index in [1.807, 2.05) is 12.1 Å². The second-order valence-electron chi connectivity index (χ2n) is 6.02. The van der Waals surface area contributed by atoms with Gasteiger partial charge in [-0.2, -0.15) is 0 Å². The number of ketones is 1. The van der Waals surface area contributed by atoms with Crippen LogP contribution in [0.3, 0.4) is 0 Å². The number of aliphatic hydroxyl groups excluding tert-OH is 1. The summed E-state index contributed by atoms with van der Waals surface area (Å²) in [7, 11) is 0. The Labute approximate surface area is 113 Å². The van der Waals surface area contributed by atoms with E-state index in [4.69, 9.17) is 5.11 Å². The zero-order chi connectivity index (χ0) is 14.2. The number of amides is 1. The van der Waals surface area contributed by atoms with Crippen molar-refractivity contribution in [1.82, 2.24) is 4.90 Å². The van der Waals surface area contributed by atoms with Gasteiger partial charge in [-0.1, -0.05) is 45.0 Å². The van der Waals surface area contributed by atoms with E-state index in [0.717, 1.165) is 5.56 Å². The topological polar surface area (TPSA) is 57.6 Å². The Kier molecular flexibility index (Phi) is 3.45. The van der Waals surface area contributed by atoms with E-state index in [1.165, 1.54) is 4.90 Å². The summed E-state index contributed by atoms with van der Waals surface area (Å²) in [4.78, 5) is 25.2. The molecule has 4 heteroatoms. The standard InChI is InChI=1S/C15H19NO3/c1-15(2,3)11-6-4-10(5-7-11)13(18)14(19)16-8-12(17)9-16/h4-7,12,17H,8-9H2,1-3H3. The van der Waals surface area contributed by atoms with E-state index in [1.54, 1.807) is 12.1 Å². The lowest BCUT2D eigenvalue weighted by molar-refractivity contribution is -0.136. The number of hydrogen-bond acceptors (Lipinski definition) is 3. The Morgan fingerprint density at radius 3 is 2.11 bits per heavy atom. The Morgan fingerprint density at radius 1 is 1.16 bits per heavy atom. The summed E-state index contributed by atoms with van der Waals surface area (Å²) in [5, 5.41) is 9.14. The average molecular weight is 261 g/mol. The summed E-state index contributed by atoms with van der Waals surface area (Å²) < 4.78 is 0. The van der Waals surface area contributed by atoms with Crippen LogP contribution in [0.15, 0.2) is 24.3 Å². The van der Waals surface area contributed by atoms with Crippen molar-refractivity contribution in [2.24, 2.45) is 0 Å². The lowest BCUT2D eigenvalue weighted by atomic mass is 9.86. The maximum Gasteiger partial charge on any atom is 0.295 e. The highest BCUT2D eigenvalue weighted by Gasteiger charge is 2.33. The van der Waals surface area contributed by atoms with E-state index in [2.05, 4.69) is 20.8 Å². The van der Waals surface area contributed by atoms with Crippen molar-refractivity contribution in [3.05, 3.63) is 35.4 Å². The molecule has 0 bridgehead atoms. The molecule has 0 atom stereocenters. The highest BCUT2D eigenvalue weighted by atomic mass is 16.3. The summed E-state index contributed by atoms with van der Waals surface area (Å²) in [5.41, 5.74) is 1.54. The van der Waals surface area contributed by atoms with Crippen molar-refractivity contribution in [2.45, 2.75) is 32.3 Å². The first kappa shape index (κ1) is 13.7. The second kappa shape index (κ2) is 4.78. The zero-order valence-electron chi connectivity index (χ0n) is 11.5. The minimum atomic E-state index is -0.534. The summed E-state index contributed by atoms with van der Waals surface area (Å²) in [5.74, 6) is -1.04. The van der Waals surface area contributed by atoms with Gasteiger partial charge in [0.1, 0.15) is 0 Å². The molecule has 0 spiro atoms. The van der Waals surface area contributed by atoms with Crippen molar-refractivity contribution >= 4 is 11.7 Å². The third-order valence-corrected chi connectivity index (χ3v) is 3.36. The van der Waals surface area contributed by atoms with Crippen molar-refractivity contribution in [3.63, 3.8) is 0 Å². The summed E-state index contributed by atoms with van der Waals surface area (Å²) in [6.45, 7) is 6.79. The van der Waals surface area contributed by atoms with Crippen molar-refractivity contribution in [2.75, 3.05) is 13.1 Å². The van der Waals surface area contributed by atoms with Gasteiger partial charge >= 0.3 is 0 Å². The largest absolute Gasteiger partial charge is 0.389 e. The molecule has 19 heavy (non-hydrogen) atoms. The molecular weight excluding hydrogens is 242 g/mol. The molecule has 1 aliphatic heterocycles. The van der Waals surface area contributed by atoms with Crippen LogP contribution in [-0.4, -0.2) is 40.9 Å². The number of aliphatic hydroxyl groups is 1. The number of carbonyl (C=O) groups excluding carboxylic acids is 2. The van der Waals surface area contributed by atoms with Crippen LogP contribution in [0.2, 0.25) is 0 Å². The minimum absolute atomic E-state index is 0.0210. The van der Waals surface area contributed by atoms with Gasteiger partial charge in [0, 0.05) is 18.7 Å². The van der Waals surface area contributed by atoms with Gasteiger partial charge in [0.25, 0.3) is 5.91 Å². The monoisotopic (exact) mass is 261 g/mol. The molecule has 1 aromatic rings. The quantitative estimate of drug-likeness (QED) is 0.646. The minimum Gasteiger partial charge on any atom is -0.389 e. The van der Waals surface area contributed by atoms with Gasteiger partial charge < -0.3 is 10.0 Å². The third kappa shape index (κ3) is 2.84. The molecule has 0 aliphatic carbocycles. The normalized spacial score (nSPS) is 16.1. The first-order valence-corrected chi connectivity index (χ1v) is 6.41. The van der Waals surface area contributed by atoms with Crippen molar-refractivity contribution in [1.29, 1.82) is 0 Å². The lowest BCUT2D eigenvalue weighted by Gasteiger charge is -2.35. The van der Waals surface area contributed by atoms with E-state index >= 15 is 0 Å². The number of carbonyl (C=O) groups is 2. The van der Waals surface area contributed by atoms with Crippen LogP contribution in [0, 0.1) is 0 Å². The summed E-state index contributed by atoms with van der Waals surface area (Å²) in [6, 6.07) is 7.14. The molecule has 1 fully saturated rings. The Bertz CT molecular complexity index is 493. The molecule has 2 rings (SSSR count). The van der Waals surface area contributed by atoms with Gasteiger partial charge in [-0.05, 0) is 11.0 Å². The van der Waals surface area contributed by atoms with Crippen LogP contribution in [0.1, 0.15) is 36.7 Å². The molecule has 0 radical (unpaired) electrons. The van der Waals surface area contributed by atoms with Crippen LogP contribution in [0.25, 0.3) is 0 Å². The third-order valence-electron chi connectivity index (χ3n) is 3.36. The lowest BCUT2D eigenvalue weighted by Crippen LogP contribution is -2.55. The highest BCUT2D eigenvalue weighted by Crippen LogP contribution is 2.22. The zero-order valence-corrected chi connectivity index (χ0v) is 11.5. The van der Waals surface area contributed by atoms with Gasteiger partial charge in [0.05, 0.1) is 6.10 Å². The molecule has 1 saturated heterocycles. The molecule has 0 unspecified atom stereocenters. The number of rotatable bonds is 2. The van der Waals surface area contributed by atoms with Crippen LogP contribution < -0.4 is 0 Å². The second-order valence-corrected chi connectivity index (χ2v) is 6.02. The SMILES string of the molecule is CC(C)(C)c1ccc(C(=O)C(=O)N2CC(O)C2)cc1. The predicted molar refractivity (Wildman–Crippen MR) is 72.1 cm³/mol.